The van der Waals surface area contributed by atoms with Gasteiger partial charge in [-0.1, -0.05) is 42.3 Å². The first-order chi connectivity index (χ1) is 7.52. The molecule has 0 aromatic heterocycles. The van der Waals surface area contributed by atoms with Crippen molar-refractivity contribution in [2.75, 3.05) is 0 Å². The van der Waals surface area contributed by atoms with Crippen molar-refractivity contribution in [3.05, 3.63) is 28.2 Å². The van der Waals surface area contributed by atoms with Crippen LogP contribution >= 0.6 is 35.4 Å². The summed E-state index contributed by atoms with van der Waals surface area (Å²) in [5.41, 5.74) is 5.48. The number of halogens is 2. The first-order valence-corrected chi connectivity index (χ1v) is 6.09. The molecule has 0 fully saturated rings. The summed E-state index contributed by atoms with van der Waals surface area (Å²) in [6, 6.07) is 5.12. The minimum atomic E-state index is -0.0452. The van der Waals surface area contributed by atoms with Crippen LogP contribution in [-0.2, 0) is 0 Å². The normalized spacial score (nSPS) is 12.2. The van der Waals surface area contributed by atoms with E-state index in [1.165, 1.54) is 0 Å². The number of hydrogen-bond donors (Lipinski definition) is 1. The SMILES string of the molecule is CCC(CC(N)=S)Oc1ccc(Cl)cc1Cl. The fourth-order valence-electron chi connectivity index (χ4n) is 1.24. The van der Waals surface area contributed by atoms with Gasteiger partial charge in [-0.3, -0.25) is 0 Å². The molecule has 1 atom stereocenters. The molecule has 0 saturated carbocycles. The quantitative estimate of drug-likeness (QED) is 0.831. The molecule has 0 spiro atoms. The summed E-state index contributed by atoms with van der Waals surface area (Å²) in [6.45, 7) is 2.01. The second-order valence-corrected chi connectivity index (χ2v) is 4.76. The third-order valence-corrected chi connectivity index (χ3v) is 2.77. The average Bonchev–Trinajstić information content (AvgIpc) is 2.20. The topological polar surface area (TPSA) is 35.2 Å². The predicted molar refractivity (Wildman–Crippen MR) is 72.6 cm³/mol. The summed E-state index contributed by atoms with van der Waals surface area (Å²) in [4.78, 5) is 0.442. The Balaban J connectivity index is 2.73. The van der Waals surface area contributed by atoms with Crippen LogP contribution in [0.25, 0.3) is 0 Å². The Labute approximate surface area is 111 Å². The highest BCUT2D eigenvalue weighted by molar-refractivity contribution is 7.80. The molecule has 0 saturated heterocycles. The van der Waals surface area contributed by atoms with Crippen molar-refractivity contribution in [1.82, 2.24) is 0 Å². The minimum Gasteiger partial charge on any atom is -0.488 e. The lowest BCUT2D eigenvalue weighted by Gasteiger charge is -2.17. The number of thiocarbonyl (C=S) groups is 1. The van der Waals surface area contributed by atoms with Gasteiger partial charge in [-0.2, -0.15) is 0 Å². The van der Waals surface area contributed by atoms with E-state index in [1.807, 2.05) is 6.92 Å². The summed E-state index contributed by atoms with van der Waals surface area (Å²) >= 11 is 16.6. The van der Waals surface area contributed by atoms with Crippen LogP contribution in [-0.4, -0.2) is 11.1 Å². The number of rotatable bonds is 5. The molecule has 1 unspecified atom stereocenters. The van der Waals surface area contributed by atoms with Gasteiger partial charge in [-0.15, -0.1) is 0 Å². The van der Waals surface area contributed by atoms with Gasteiger partial charge in [0.15, 0.2) is 0 Å². The molecule has 0 amide bonds. The maximum Gasteiger partial charge on any atom is 0.138 e. The summed E-state index contributed by atoms with van der Waals surface area (Å²) in [5, 5.41) is 1.08. The zero-order valence-corrected chi connectivity index (χ0v) is 11.2. The molecule has 2 N–H and O–H groups in total. The first kappa shape index (κ1) is 13.6. The van der Waals surface area contributed by atoms with Gasteiger partial charge >= 0.3 is 0 Å². The van der Waals surface area contributed by atoms with Crippen LogP contribution in [0.2, 0.25) is 10.0 Å². The molecule has 1 rings (SSSR count). The van der Waals surface area contributed by atoms with Crippen molar-refractivity contribution in [3.63, 3.8) is 0 Å². The highest BCUT2D eigenvalue weighted by Gasteiger charge is 2.11. The maximum absolute atomic E-state index is 5.99. The van der Waals surface area contributed by atoms with Crippen molar-refractivity contribution < 1.29 is 4.74 Å². The molecule has 0 bridgehead atoms. The zero-order chi connectivity index (χ0) is 12.1. The number of nitrogens with two attached hydrogens (primary N) is 1. The number of ether oxygens (including phenoxy) is 1. The molecular weight excluding hydrogens is 265 g/mol. The van der Waals surface area contributed by atoms with Crippen LogP contribution in [0.15, 0.2) is 18.2 Å². The third kappa shape index (κ3) is 4.16. The van der Waals surface area contributed by atoms with Gasteiger partial charge in [0.1, 0.15) is 11.9 Å². The van der Waals surface area contributed by atoms with Crippen LogP contribution in [0.4, 0.5) is 0 Å². The average molecular weight is 278 g/mol. The van der Waals surface area contributed by atoms with Crippen LogP contribution < -0.4 is 10.5 Å². The van der Waals surface area contributed by atoms with Gasteiger partial charge in [0.2, 0.25) is 0 Å². The van der Waals surface area contributed by atoms with E-state index in [1.54, 1.807) is 18.2 Å². The van der Waals surface area contributed by atoms with Crippen molar-refractivity contribution in [2.24, 2.45) is 5.73 Å². The Morgan fingerprint density at radius 2 is 2.19 bits per heavy atom. The smallest absolute Gasteiger partial charge is 0.138 e. The highest BCUT2D eigenvalue weighted by Crippen LogP contribution is 2.29. The molecular formula is C11H13Cl2NOS. The van der Waals surface area contributed by atoms with E-state index in [9.17, 15) is 0 Å². The van der Waals surface area contributed by atoms with Crippen LogP contribution in [0.3, 0.4) is 0 Å². The zero-order valence-electron chi connectivity index (χ0n) is 8.87. The minimum absolute atomic E-state index is 0.0452. The van der Waals surface area contributed by atoms with Gasteiger partial charge in [0, 0.05) is 11.4 Å². The maximum atomic E-state index is 5.99. The molecule has 0 radical (unpaired) electrons. The predicted octanol–water partition coefficient (Wildman–Crippen LogP) is 3.83. The summed E-state index contributed by atoms with van der Waals surface area (Å²) in [5.74, 6) is 0.606. The van der Waals surface area contributed by atoms with Crippen LogP contribution in [0, 0.1) is 0 Å². The molecule has 88 valence electrons. The lowest BCUT2D eigenvalue weighted by Crippen LogP contribution is -2.23. The van der Waals surface area contributed by atoms with Crippen LogP contribution in [0.1, 0.15) is 19.8 Å². The summed E-state index contributed by atoms with van der Waals surface area (Å²) < 4.78 is 5.70. The number of benzene rings is 1. The standard InChI is InChI=1S/C11H13Cl2NOS/c1-2-8(6-11(14)16)15-10-4-3-7(12)5-9(10)13/h3-5,8H,2,6H2,1H3,(H2,14,16). The van der Waals surface area contributed by atoms with E-state index in [4.69, 9.17) is 45.9 Å². The van der Waals surface area contributed by atoms with Gasteiger partial charge in [-0.05, 0) is 24.6 Å². The molecule has 0 aliphatic rings. The second-order valence-electron chi connectivity index (χ2n) is 3.39. The highest BCUT2D eigenvalue weighted by atomic mass is 35.5. The molecule has 1 aromatic rings. The lowest BCUT2D eigenvalue weighted by atomic mass is 10.2. The largest absolute Gasteiger partial charge is 0.488 e. The Bertz CT molecular complexity index is 384. The third-order valence-electron chi connectivity index (χ3n) is 2.07. The lowest BCUT2D eigenvalue weighted by molar-refractivity contribution is 0.205. The van der Waals surface area contributed by atoms with E-state index in [2.05, 4.69) is 0 Å². The fourth-order valence-corrected chi connectivity index (χ4v) is 1.88. The first-order valence-electron chi connectivity index (χ1n) is 4.93. The van der Waals surface area contributed by atoms with Crippen molar-refractivity contribution in [3.8, 4) is 5.75 Å². The van der Waals surface area contributed by atoms with E-state index >= 15 is 0 Å². The second kappa shape index (κ2) is 6.28. The Kier molecular flexibility index (Phi) is 5.32. The Hall–Kier alpha value is -0.510. The molecule has 0 aliphatic heterocycles. The van der Waals surface area contributed by atoms with E-state index in [-0.39, 0.29) is 6.10 Å². The Morgan fingerprint density at radius 3 is 2.69 bits per heavy atom. The van der Waals surface area contributed by atoms with Gasteiger partial charge < -0.3 is 10.5 Å². The van der Waals surface area contributed by atoms with Crippen molar-refractivity contribution in [2.45, 2.75) is 25.9 Å². The van der Waals surface area contributed by atoms with Crippen molar-refractivity contribution in [1.29, 1.82) is 0 Å². The fraction of sp³-hybridized carbons (Fsp3) is 0.364. The monoisotopic (exact) mass is 277 g/mol. The summed E-state index contributed by atoms with van der Waals surface area (Å²) in [7, 11) is 0. The van der Waals surface area contributed by atoms with E-state index in [0.29, 0.717) is 27.2 Å². The van der Waals surface area contributed by atoms with Gasteiger partial charge in [0.25, 0.3) is 0 Å². The van der Waals surface area contributed by atoms with E-state index < -0.39 is 0 Å². The Morgan fingerprint density at radius 1 is 1.50 bits per heavy atom. The molecule has 1 aromatic carbocycles. The van der Waals surface area contributed by atoms with Crippen molar-refractivity contribution >= 4 is 40.4 Å². The summed E-state index contributed by atoms with van der Waals surface area (Å²) in [6.07, 6.45) is 1.32. The molecule has 0 aliphatic carbocycles. The van der Waals surface area contributed by atoms with Gasteiger partial charge in [0.05, 0.1) is 10.0 Å². The molecule has 16 heavy (non-hydrogen) atoms. The van der Waals surface area contributed by atoms with E-state index in [0.717, 1.165) is 6.42 Å². The molecule has 5 heteroatoms. The molecule has 2 nitrogen and oxygen atoms in total. The van der Waals surface area contributed by atoms with Gasteiger partial charge in [-0.25, -0.2) is 0 Å². The number of hydrogen-bond acceptors (Lipinski definition) is 2. The van der Waals surface area contributed by atoms with Crippen LogP contribution in [0.5, 0.6) is 5.75 Å². The molecule has 0 heterocycles.